The highest BCUT2D eigenvalue weighted by Crippen LogP contribution is 2.31. The molecular formula is C22H19F3N4O2. The monoisotopic (exact) mass is 428 g/mol. The van der Waals surface area contributed by atoms with Gasteiger partial charge in [-0.05, 0) is 12.1 Å². The highest BCUT2D eigenvalue weighted by Gasteiger charge is 2.31. The predicted molar refractivity (Wildman–Crippen MR) is 109 cm³/mol. The van der Waals surface area contributed by atoms with Gasteiger partial charge in [0.15, 0.2) is 0 Å². The Balaban J connectivity index is 1.49. The van der Waals surface area contributed by atoms with Gasteiger partial charge in [0.05, 0.1) is 35.2 Å². The lowest BCUT2D eigenvalue weighted by molar-refractivity contribution is -0.137. The summed E-state index contributed by atoms with van der Waals surface area (Å²) in [7, 11) is 0. The zero-order valence-corrected chi connectivity index (χ0v) is 16.3. The van der Waals surface area contributed by atoms with E-state index in [0.29, 0.717) is 36.5 Å². The predicted octanol–water partition coefficient (Wildman–Crippen LogP) is 3.92. The smallest absolute Gasteiger partial charge is 0.417 e. The van der Waals surface area contributed by atoms with Gasteiger partial charge in [-0.25, -0.2) is 4.98 Å². The van der Waals surface area contributed by atoms with Gasteiger partial charge in [0.1, 0.15) is 6.10 Å². The van der Waals surface area contributed by atoms with Gasteiger partial charge in [-0.1, -0.05) is 30.3 Å². The molecule has 0 bridgehead atoms. The van der Waals surface area contributed by atoms with Crippen molar-refractivity contribution in [3.8, 4) is 17.1 Å². The van der Waals surface area contributed by atoms with Gasteiger partial charge in [0.2, 0.25) is 5.88 Å². The van der Waals surface area contributed by atoms with Crippen LogP contribution in [0.15, 0.2) is 60.9 Å². The van der Waals surface area contributed by atoms with Crippen LogP contribution in [0.2, 0.25) is 0 Å². The number of primary amides is 1. The summed E-state index contributed by atoms with van der Waals surface area (Å²) >= 11 is 0. The second kappa shape index (κ2) is 8.25. The molecule has 1 aliphatic heterocycles. The molecule has 4 rings (SSSR count). The number of hydrogen-bond acceptors (Lipinski definition) is 5. The minimum atomic E-state index is -4.44. The van der Waals surface area contributed by atoms with Crippen LogP contribution in [0.3, 0.4) is 0 Å². The van der Waals surface area contributed by atoms with Crippen LogP contribution in [-0.4, -0.2) is 35.1 Å². The van der Waals surface area contributed by atoms with Crippen molar-refractivity contribution < 1.29 is 22.7 Å². The molecule has 2 N–H and O–H groups in total. The van der Waals surface area contributed by atoms with Gasteiger partial charge < -0.3 is 15.4 Å². The van der Waals surface area contributed by atoms with Crippen LogP contribution < -0.4 is 15.4 Å². The number of ether oxygens (including phenoxy) is 1. The second-order valence-electron chi connectivity index (χ2n) is 7.17. The molecule has 0 saturated carbocycles. The SMILES string of the molecule is NC(=O)c1cc(-c2ccccc2)ncc1N1CCC(Oc2ccc(C(F)(F)F)cn2)C1. The molecular weight excluding hydrogens is 409 g/mol. The fraction of sp³-hybridized carbons (Fsp3) is 0.227. The Hall–Kier alpha value is -3.62. The van der Waals surface area contributed by atoms with E-state index < -0.39 is 17.6 Å². The highest BCUT2D eigenvalue weighted by atomic mass is 19.4. The Morgan fingerprint density at radius 2 is 1.87 bits per heavy atom. The molecule has 3 heterocycles. The van der Waals surface area contributed by atoms with Crippen LogP contribution in [0.1, 0.15) is 22.3 Å². The summed E-state index contributed by atoms with van der Waals surface area (Å²) < 4.78 is 43.7. The van der Waals surface area contributed by atoms with Crippen LogP contribution in [0.4, 0.5) is 18.9 Å². The molecule has 1 unspecified atom stereocenters. The first-order chi connectivity index (χ1) is 14.8. The van der Waals surface area contributed by atoms with Gasteiger partial charge in [0, 0.05) is 30.8 Å². The molecule has 1 amide bonds. The van der Waals surface area contributed by atoms with Crippen molar-refractivity contribution in [3.05, 3.63) is 72.1 Å². The van der Waals surface area contributed by atoms with Crippen LogP contribution >= 0.6 is 0 Å². The lowest BCUT2D eigenvalue weighted by Crippen LogP contribution is -2.27. The number of hydrogen-bond donors (Lipinski definition) is 1. The molecule has 1 atom stereocenters. The Morgan fingerprint density at radius 1 is 1.10 bits per heavy atom. The summed E-state index contributed by atoms with van der Waals surface area (Å²) in [5.41, 5.74) is 7.23. The summed E-state index contributed by atoms with van der Waals surface area (Å²) in [4.78, 5) is 22.2. The maximum atomic E-state index is 12.7. The first kappa shape index (κ1) is 20.6. The average molecular weight is 428 g/mol. The Bertz CT molecular complexity index is 1070. The Kier molecular flexibility index (Phi) is 5.50. The molecule has 160 valence electrons. The van der Waals surface area contributed by atoms with E-state index in [1.54, 1.807) is 12.3 Å². The first-order valence-electron chi connectivity index (χ1n) is 9.61. The van der Waals surface area contributed by atoms with Crippen molar-refractivity contribution in [2.24, 2.45) is 5.73 Å². The number of halogens is 3. The molecule has 6 nitrogen and oxygen atoms in total. The van der Waals surface area contributed by atoms with E-state index in [-0.39, 0.29) is 12.0 Å². The lowest BCUT2D eigenvalue weighted by Gasteiger charge is -2.21. The van der Waals surface area contributed by atoms with Gasteiger partial charge in [-0.3, -0.25) is 9.78 Å². The van der Waals surface area contributed by atoms with Crippen molar-refractivity contribution >= 4 is 11.6 Å². The van der Waals surface area contributed by atoms with Crippen molar-refractivity contribution in [2.45, 2.75) is 18.7 Å². The first-order valence-corrected chi connectivity index (χ1v) is 9.61. The van der Waals surface area contributed by atoms with E-state index in [9.17, 15) is 18.0 Å². The minimum Gasteiger partial charge on any atom is -0.472 e. The number of nitrogens with zero attached hydrogens (tertiary/aromatic N) is 3. The number of aromatic nitrogens is 2. The van der Waals surface area contributed by atoms with Crippen LogP contribution in [-0.2, 0) is 6.18 Å². The fourth-order valence-corrected chi connectivity index (χ4v) is 3.50. The maximum absolute atomic E-state index is 12.7. The zero-order valence-electron chi connectivity index (χ0n) is 16.3. The Labute approximate surface area is 176 Å². The summed E-state index contributed by atoms with van der Waals surface area (Å²) in [6.07, 6.45) is -1.76. The molecule has 1 fully saturated rings. The van der Waals surface area contributed by atoms with E-state index in [2.05, 4.69) is 9.97 Å². The average Bonchev–Trinajstić information content (AvgIpc) is 3.22. The number of nitrogens with two attached hydrogens (primary N) is 1. The summed E-state index contributed by atoms with van der Waals surface area (Å²) in [6.45, 7) is 1.01. The van der Waals surface area contributed by atoms with Gasteiger partial charge in [-0.2, -0.15) is 13.2 Å². The summed E-state index contributed by atoms with van der Waals surface area (Å²) in [5.74, 6) is -0.448. The molecule has 31 heavy (non-hydrogen) atoms. The van der Waals surface area contributed by atoms with Gasteiger partial charge >= 0.3 is 6.18 Å². The number of benzene rings is 1. The van der Waals surface area contributed by atoms with E-state index >= 15 is 0 Å². The maximum Gasteiger partial charge on any atom is 0.417 e. The zero-order chi connectivity index (χ0) is 22.0. The summed E-state index contributed by atoms with van der Waals surface area (Å²) in [6, 6.07) is 13.2. The third-order valence-corrected chi connectivity index (χ3v) is 5.05. The molecule has 9 heteroatoms. The van der Waals surface area contributed by atoms with Crippen molar-refractivity contribution in [1.29, 1.82) is 0 Å². The topological polar surface area (TPSA) is 81.3 Å². The number of amides is 1. The van der Waals surface area contributed by atoms with Crippen LogP contribution in [0, 0.1) is 0 Å². The van der Waals surface area contributed by atoms with Gasteiger partial charge in [0.25, 0.3) is 5.91 Å². The molecule has 0 spiro atoms. The van der Waals surface area contributed by atoms with Crippen molar-refractivity contribution in [2.75, 3.05) is 18.0 Å². The Morgan fingerprint density at radius 3 is 2.52 bits per heavy atom. The molecule has 2 aromatic heterocycles. The number of alkyl halides is 3. The molecule has 1 saturated heterocycles. The third-order valence-electron chi connectivity index (χ3n) is 5.05. The second-order valence-corrected chi connectivity index (χ2v) is 7.17. The van der Waals surface area contributed by atoms with E-state index in [4.69, 9.17) is 10.5 Å². The largest absolute Gasteiger partial charge is 0.472 e. The fourth-order valence-electron chi connectivity index (χ4n) is 3.50. The number of carbonyl (C=O) groups is 1. The molecule has 0 aliphatic carbocycles. The third kappa shape index (κ3) is 4.60. The molecule has 1 aromatic carbocycles. The van der Waals surface area contributed by atoms with Crippen LogP contribution in [0.5, 0.6) is 5.88 Å². The summed E-state index contributed by atoms with van der Waals surface area (Å²) in [5, 5.41) is 0. The van der Waals surface area contributed by atoms with Crippen LogP contribution in [0.25, 0.3) is 11.3 Å². The van der Waals surface area contributed by atoms with E-state index in [1.165, 1.54) is 6.07 Å². The normalized spacial score (nSPS) is 16.4. The van der Waals surface area contributed by atoms with Crippen molar-refractivity contribution in [1.82, 2.24) is 9.97 Å². The quantitative estimate of drug-likeness (QED) is 0.666. The molecule has 3 aromatic rings. The standard InChI is InChI=1S/C22H19F3N4O2/c23-22(24,25)15-6-7-20(28-11-15)31-16-8-9-29(13-16)19-12-27-18(10-17(19)21(26)30)14-4-2-1-3-5-14/h1-7,10-12,16H,8-9,13H2,(H2,26,30). The van der Waals surface area contributed by atoms with Gasteiger partial charge in [-0.15, -0.1) is 0 Å². The number of pyridine rings is 2. The highest BCUT2D eigenvalue weighted by molar-refractivity contribution is 5.99. The van der Waals surface area contributed by atoms with Crippen molar-refractivity contribution in [3.63, 3.8) is 0 Å². The van der Waals surface area contributed by atoms with E-state index in [1.807, 2.05) is 35.2 Å². The molecule has 0 radical (unpaired) electrons. The number of anilines is 1. The lowest BCUT2D eigenvalue weighted by atomic mass is 10.1. The minimum absolute atomic E-state index is 0.118. The number of rotatable bonds is 5. The number of carbonyl (C=O) groups excluding carboxylic acids is 1. The van der Waals surface area contributed by atoms with E-state index in [0.717, 1.165) is 17.8 Å². The molecule has 1 aliphatic rings.